The lowest BCUT2D eigenvalue weighted by molar-refractivity contribution is 0.578. The largest absolute Gasteiger partial charge is 0.320 e. The molecule has 3 N–H and O–H groups in total. The van der Waals surface area contributed by atoms with Crippen molar-refractivity contribution in [2.24, 2.45) is 5.73 Å². The summed E-state index contributed by atoms with van der Waals surface area (Å²) in [6.45, 7) is 2.65. The van der Waals surface area contributed by atoms with Gasteiger partial charge in [-0.2, -0.15) is 0 Å². The van der Waals surface area contributed by atoms with Gasteiger partial charge >= 0.3 is 0 Å². The Balaban J connectivity index is 2.88. The van der Waals surface area contributed by atoms with Gasteiger partial charge in [0.15, 0.2) is 0 Å². The number of nitrogens with zero attached hydrogens (tertiary/aromatic N) is 1. The Morgan fingerprint density at radius 2 is 2.22 bits per heavy atom. The van der Waals surface area contributed by atoms with Crippen LogP contribution in [-0.4, -0.2) is 26.5 Å². The van der Waals surface area contributed by atoms with Gasteiger partial charge in [0.2, 0.25) is 10.0 Å². The number of hydrogen-bond donors (Lipinski definition) is 2. The minimum Gasteiger partial charge on any atom is -0.320 e. The van der Waals surface area contributed by atoms with Crippen LogP contribution < -0.4 is 10.5 Å². The van der Waals surface area contributed by atoms with Gasteiger partial charge in [-0.25, -0.2) is 13.1 Å². The van der Waals surface area contributed by atoms with E-state index in [2.05, 4.69) is 21.5 Å². The molecule has 0 unspecified atom stereocenters. The average molecular weight is 267 g/mol. The lowest BCUT2D eigenvalue weighted by Crippen LogP contribution is -2.24. The van der Waals surface area contributed by atoms with E-state index >= 15 is 0 Å². The number of unbranched alkanes of at least 4 members (excludes halogenated alkanes) is 1. The van der Waals surface area contributed by atoms with Crippen LogP contribution in [0.5, 0.6) is 0 Å². The molecule has 0 aliphatic carbocycles. The van der Waals surface area contributed by atoms with Crippen LogP contribution in [0.4, 0.5) is 0 Å². The van der Waals surface area contributed by atoms with Gasteiger partial charge in [0, 0.05) is 24.5 Å². The quantitative estimate of drug-likeness (QED) is 0.600. The predicted molar refractivity (Wildman–Crippen MR) is 70.3 cm³/mol. The summed E-state index contributed by atoms with van der Waals surface area (Å²) < 4.78 is 26.3. The molecule has 1 aromatic heterocycles. The molecular weight excluding hydrogens is 250 g/mol. The van der Waals surface area contributed by atoms with Crippen LogP contribution in [-0.2, 0) is 10.0 Å². The third-order valence-electron chi connectivity index (χ3n) is 2.18. The molecule has 0 amide bonds. The van der Waals surface area contributed by atoms with Crippen molar-refractivity contribution < 1.29 is 8.42 Å². The van der Waals surface area contributed by atoms with E-state index in [-0.39, 0.29) is 11.4 Å². The number of rotatable bonds is 5. The molecule has 0 radical (unpaired) electrons. The molecule has 0 bridgehead atoms. The van der Waals surface area contributed by atoms with Crippen LogP contribution in [0, 0.1) is 11.8 Å². The monoisotopic (exact) mass is 267 g/mol. The van der Waals surface area contributed by atoms with Crippen LogP contribution in [0.25, 0.3) is 0 Å². The first kappa shape index (κ1) is 14.6. The number of pyridine rings is 1. The van der Waals surface area contributed by atoms with Gasteiger partial charge in [-0.15, -0.1) is 0 Å². The Labute approximate surface area is 108 Å². The topological polar surface area (TPSA) is 85.1 Å². The van der Waals surface area contributed by atoms with Crippen molar-refractivity contribution in [3.63, 3.8) is 0 Å². The fourth-order valence-electron chi connectivity index (χ4n) is 1.25. The number of aromatic nitrogens is 1. The molecule has 5 nitrogen and oxygen atoms in total. The van der Waals surface area contributed by atoms with E-state index in [0.29, 0.717) is 12.1 Å². The zero-order chi connectivity index (χ0) is 13.4. The smallest absolute Gasteiger partial charge is 0.242 e. The summed E-state index contributed by atoms with van der Waals surface area (Å²) in [6, 6.07) is 1.49. The van der Waals surface area contributed by atoms with Crippen LogP contribution in [0.3, 0.4) is 0 Å². The summed E-state index contributed by atoms with van der Waals surface area (Å²) in [7, 11) is -3.49. The molecule has 0 saturated heterocycles. The van der Waals surface area contributed by atoms with Gasteiger partial charge in [0.25, 0.3) is 0 Å². The molecule has 18 heavy (non-hydrogen) atoms. The number of hydrogen-bond acceptors (Lipinski definition) is 4. The average Bonchev–Trinajstić information content (AvgIpc) is 2.37. The minimum atomic E-state index is -3.49. The summed E-state index contributed by atoms with van der Waals surface area (Å²) in [5, 5.41) is 0. The van der Waals surface area contributed by atoms with E-state index in [1.54, 1.807) is 0 Å². The predicted octanol–water partition coefficient (Wildman–Crippen LogP) is 0.470. The van der Waals surface area contributed by atoms with Crippen molar-refractivity contribution in [2.45, 2.75) is 24.7 Å². The second-order valence-electron chi connectivity index (χ2n) is 3.67. The summed E-state index contributed by atoms with van der Waals surface area (Å²) >= 11 is 0. The molecule has 0 fully saturated rings. The van der Waals surface area contributed by atoms with Gasteiger partial charge in [0.05, 0.1) is 6.54 Å². The van der Waals surface area contributed by atoms with Crippen molar-refractivity contribution in [3.8, 4) is 11.8 Å². The lowest BCUT2D eigenvalue weighted by Gasteiger charge is -2.05. The SMILES string of the molecule is CCCCNS(=O)(=O)c1cncc(C#CCN)c1. The second-order valence-corrected chi connectivity index (χ2v) is 5.43. The Hall–Kier alpha value is -1.42. The molecule has 0 saturated carbocycles. The van der Waals surface area contributed by atoms with Crippen LogP contribution in [0.1, 0.15) is 25.3 Å². The van der Waals surface area contributed by atoms with Gasteiger partial charge in [-0.05, 0) is 12.5 Å². The molecule has 0 aromatic carbocycles. The lowest BCUT2D eigenvalue weighted by atomic mass is 10.3. The van der Waals surface area contributed by atoms with Gasteiger partial charge < -0.3 is 5.73 Å². The van der Waals surface area contributed by atoms with Crippen LogP contribution >= 0.6 is 0 Å². The maximum atomic E-state index is 11.9. The molecule has 1 rings (SSSR count). The standard InChI is InChI=1S/C12H17N3O2S/c1-2-3-7-15-18(16,17)12-8-11(5-4-6-13)9-14-10-12/h8-10,15H,2-3,6-7,13H2,1H3. The van der Waals surface area contributed by atoms with E-state index in [9.17, 15) is 8.42 Å². The number of nitrogens with two attached hydrogens (primary N) is 1. The van der Waals surface area contributed by atoms with Crippen molar-refractivity contribution in [3.05, 3.63) is 24.0 Å². The van der Waals surface area contributed by atoms with Crippen molar-refractivity contribution in [1.82, 2.24) is 9.71 Å². The highest BCUT2D eigenvalue weighted by Gasteiger charge is 2.13. The number of nitrogens with one attached hydrogen (secondary N) is 1. The zero-order valence-electron chi connectivity index (χ0n) is 10.3. The first-order valence-corrected chi connectivity index (χ1v) is 7.22. The Morgan fingerprint density at radius 3 is 2.89 bits per heavy atom. The van der Waals surface area contributed by atoms with Gasteiger partial charge in [-0.1, -0.05) is 25.2 Å². The van der Waals surface area contributed by atoms with E-state index in [1.807, 2.05) is 6.92 Å². The van der Waals surface area contributed by atoms with E-state index in [4.69, 9.17) is 5.73 Å². The molecule has 6 heteroatoms. The van der Waals surface area contributed by atoms with Crippen molar-refractivity contribution in [1.29, 1.82) is 0 Å². The van der Waals surface area contributed by atoms with E-state index < -0.39 is 10.0 Å². The zero-order valence-corrected chi connectivity index (χ0v) is 11.1. The molecule has 0 spiro atoms. The summed E-state index contributed by atoms with van der Waals surface area (Å²) in [4.78, 5) is 4.00. The fourth-order valence-corrected chi connectivity index (χ4v) is 2.32. The Kier molecular flexibility index (Phi) is 5.78. The normalized spacial score (nSPS) is 10.8. The molecule has 98 valence electrons. The van der Waals surface area contributed by atoms with Crippen molar-refractivity contribution in [2.75, 3.05) is 13.1 Å². The van der Waals surface area contributed by atoms with Crippen LogP contribution in [0.2, 0.25) is 0 Å². The maximum Gasteiger partial charge on any atom is 0.242 e. The van der Waals surface area contributed by atoms with Gasteiger partial charge in [-0.3, -0.25) is 4.98 Å². The first-order chi connectivity index (χ1) is 8.60. The highest BCUT2D eigenvalue weighted by atomic mass is 32.2. The first-order valence-electron chi connectivity index (χ1n) is 5.74. The molecule has 0 atom stereocenters. The summed E-state index contributed by atoms with van der Waals surface area (Å²) in [5.74, 6) is 5.41. The Bertz CT molecular complexity index is 544. The third-order valence-corrected chi connectivity index (χ3v) is 3.61. The van der Waals surface area contributed by atoms with E-state index in [0.717, 1.165) is 12.8 Å². The van der Waals surface area contributed by atoms with Crippen molar-refractivity contribution >= 4 is 10.0 Å². The maximum absolute atomic E-state index is 11.9. The third kappa shape index (κ3) is 4.45. The highest BCUT2D eigenvalue weighted by molar-refractivity contribution is 7.89. The van der Waals surface area contributed by atoms with Gasteiger partial charge in [0.1, 0.15) is 4.90 Å². The van der Waals surface area contributed by atoms with Crippen LogP contribution in [0.15, 0.2) is 23.4 Å². The fraction of sp³-hybridized carbons (Fsp3) is 0.417. The molecule has 0 aliphatic heterocycles. The number of sulfonamides is 1. The molecular formula is C12H17N3O2S. The minimum absolute atomic E-state index is 0.127. The van der Waals surface area contributed by atoms with E-state index in [1.165, 1.54) is 18.5 Å². The molecule has 1 heterocycles. The highest BCUT2D eigenvalue weighted by Crippen LogP contribution is 2.08. The Morgan fingerprint density at radius 1 is 1.44 bits per heavy atom. The molecule has 0 aliphatic rings. The summed E-state index contributed by atoms with van der Waals surface area (Å²) in [6.07, 6.45) is 4.55. The summed E-state index contributed by atoms with van der Waals surface area (Å²) in [5.41, 5.74) is 5.80. The molecule has 1 aromatic rings. The second kappa shape index (κ2) is 7.11.